The predicted molar refractivity (Wildman–Crippen MR) is 68.4 cm³/mol. The summed E-state index contributed by atoms with van der Waals surface area (Å²) in [5, 5.41) is 0. The summed E-state index contributed by atoms with van der Waals surface area (Å²) in [7, 11) is 0. The molecule has 0 aromatic rings. The number of guanidine groups is 1. The first-order valence-corrected chi connectivity index (χ1v) is 6.59. The number of hydrogen-bond acceptors (Lipinski definition) is 1. The summed E-state index contributed by atoms with van der Waals surface area (Å²) in [4.78, 5) is 6.98. The molecule has 16 heavy (non-hydrogen) atoms. The Hall–Kier alpha value is -0.730. The van der Waals surface area contributed by atoms with Gasteiger partial charge in [-0.05, 0) is 52.4 Å². The van der Waals surface area contributed by atoms with Crippen molar-refractivity contribution in [3.63, 3.8) is 0 Å². The van der Waals surface area contributed by atoms with E-state index in [4.69, 9.17) is 5.73 Å². The quantitative estimate of drug-likeness (QED) is 0.506. The molecule has 2 unspecified atom stereocenters. The zero-order valence-corrected chi connectivity index (χ0v) is 10.9. The smallest absolute Gasteiger partial charge is 0.192 e. The molecule has 2 fully saturated rings. The van der Waals surface area contributed by atoms with Gasteiger partial charge in [0.15, 0.2) is 5.96 Å². The summed E-state index contributed by atoms with van der Waals surface area (Å²) >= 11 is 0. The van der Waals surface area contributed by atoms with Crippen LogP contribution in [0.3, 0.4) is 0 Å². The highest BCUT2D eigenvalue weighted by molar-refractivity contribution is 5.79. The van der Waals surface area contributed by atoms with Gasteiger partial charge in [-0.2, -0.15) is 0 Å². The van der Waals surface area contributed by atoms with Gasteiger partial charge in [-0.1, -0.05) is 6.42 Å². The Balaban J connectivity index is 2.10. The normalized spacial score (nSPS) is 31.7. The number of aliphatic imine (C=N–C) groups is 1. The number of hydrogen-bond donors (Lipinski definition) is 1. The first-order chi connectivity index (χ1) is 7.47. The molecular formula is C13H25N3. The van der Waals surface area contributed by atoms with E-state index in [1.54, 1.807) is 0 Å². The average Bonchev–Trinajstić information content (AvgIpc) is 2.61. The molecule has 3 nitrogen and oxygen atoms in total. The molecule has 0 bridgehead atoms. The molecule has 1 saturated heterocycles. The third-order valence-electron chi connectivity index (χ3n) is 3.74. The van der Waals surface area contributed by atoms with E-state index in [1.165, 1.54) is 32.1 Å². The van der Waals surface area contributed by atoms with E-state index in [0.717, 1.165) is 18.4 Å². The number of rotatable bonds is 0. The lowest BCUT2D eigenvalue weighted by Crippen LogP contribution is -2.50. The zero-order chi connectivity index (χ0) is 11.8. The number of nitrogens with zero attached hydrogens (tertiary/aromatic N) is 2. The summed E-state index contributed by atoms with van der Waals surface area (Å²) in [6.45, 7) is 7.42. The zero-order valence-electron chi connectivity index (χ0n) is 10.9. The van der Waals surface area contributed by atoms with Gasteiger partial charge in [0.1, 0.15) is 0 Å². The maximum absolute atomic E-state index is 6.17. The molecule has 1 aliphatic heterocycles. The fourth-order valence-corrected chi connectivity index (χ4v) is 3.15. The molecule has 0 aromatic heterocycles. The molecule has 0 amide bonds. The molecule has 0 radical (unpaired) electrons. The summed E-state index contributed by atoms with van der Waals surface area (Å²) in [5.41, 5.74) is 6.11. The molecule has 2 rings (SSSR count). The minimum atomic E-state index is -0.0599. The molecule has 92 valence electrons. The van der Waals surface area contributed by atoms with Crippen LogP contribution in [0.2, 0.25) is 0 Å². The van der Waals surface area contributed by atoms with E-state index in [0.29, 0.717) is 6.04 Å². The minimum absolute atomic E-state index is 0.0599. The van der Waals surface area contributed by atoms with Crippen LogP contribution in [0.1, 0.15) is 52.9 Å². The van der Waals surface area contributed by atoms with Crippen LogP contribution in [0.5, 0.6) is 0 Å². The predicted octanol–water partition coefficient (Wildman–Crippen LogP) is 2.36. The molecule has 0 spiro atoms. The van der Waals surface area contributed by atoms with Crippen molar-refractivity contribution in [2.75, 3.05) is 6.54 Å². The van der Waals surface area contributed by atoms with Gasteiger partial charge >= 0.3 is 0 Å². The van der Waals surface area contributed by atoms with Crippen LogP contribution in [-0.2, 0) is 0 Å². The summed E-state index contributed by atoms with van der Waals surface area (Å²) in [5.74, 6) is 1.64. The summed E-state index contributed by atoms with van der Waals surface area (Å²) in [6.07, 6.45) is 6.75. The third kappa shape index (κ3) is 2.50. The monoisotopic (exact) mass is 223 g/mol. The maximum Gasteiger partial charge on any atom is 0.192 e. The molecule has 2 atom stereocenters. The maximum atomic E-state index is 6.17. The molecule has 3 heteroatoms. The molecule has 2 N–H and O–H groups in total. The Kier molecular flexibility index (Phi) is 3.13. The van der Waals surface area contributed by atoms with Crippen LogP contribution in [0, 0.1) is 5.92 Å². The van der Waals surface area contributed by atoms with Gasteiger partial charge in [-0.15, -0.1) is 0 Å². The highest BCUT2D eigenvalue weighted by Crippen LogP contribution is 2.36. The van der Waals surface area contributed by atoms with E-state index in [9.17, 15) is 0 Å². The van der Waals surface area contributed by atoms with Crippen molar-refractivity contribution in [1.82, 2.24) is 4.90 Å². The van der Waals surface area contributed by atoms with Gasteiger partial charge in [0.25, 0.3) is 0 Å². The minimum Gasteiger partial charge on any atom is -0.370 e. The first-order valence-electron chi connectivity index (χ1n) is 6.59. The van der Waals surface area contributed by atoms with Gasteiger partial charge in [-0.25, -0.2) is 4.99 Å². The van der Waals surface area contributed by atoms with E-state index >= 15 is 0 Å². The van der Waals surface area contributed by atoms with E-state index < -0.39 is 0 Å². The van der Waals surface area contributed by atoms with E-state index in [1.807, 2.05) is 0 Å². The van der Waals surface area contributed by atoms with Crippen LogP contribution < -0.4 is 5.73 Å². The highest BCUT2D eigenvalue weighted by Gasteiger charge is 2.36. The summed E-state index contributed by atoms with van der Waals surface area (Å²) in [6, 6.07) is 0.680. The van der Waals surface area contributed by atoms with Crippen LogP contribution in [-0.4, -0.2) is 29.0 Å². The largest absolute Gasteiger partial charge is 0.370 e. The van der Waals surface area contributed by atoms with Gasteiger partial charge < -0.3 is 10.6 Å². The van der Waals surface area contributed by atoms with E-state index in [2.05, 4.69) is 30.7 Å². The topological polar surface area (TPSA) is 41.6 Å². The standard InChI is InChI=1S/C13H25N3/c1-13(2,3)15-12(14)16-9-5-7-10-6-4-8-11(10)16/h10-11H,4-9H2,1-3H3,(H2,14,15). The van der Waals surface area contributed by atoms with Crippen molar-refractivity contribution < 1.29 is 0 Å². The van der Waals surface area contributed by atoms with Crippen molar-refractivity contribution in [3.05, 3.63) is 0 Å². The van der Waals surface area contributed by atoms with E-state index in [-0.39, 0.29) is 5.54 Å². The summed E-state index contributed by atoms with van der Waals surface area (Å²) < 4.78 is 0. The number of nitrogens with two attached hydrogens (primary N) is 1. The molecular weight excluding hydrogens is 198 g/mol. The molecule has 1 aliphatic carbocycles. The first kappa shape index (κ1) is 11.7. The highest BCUT2D eigenvalue weighted by atomic mass is 15.3. The van der Waals surface area contributed by atoms with Crippen LogP contribution in [0.25, 0.3) is 0 Å². The van der Waals surface area contributed by atoms with Crippen molar-refractivity contribution >= 4 is 5.96 Å². The lowest BCUT2D eigenvalue weighted by Gasteiger charge is -2.39. The lowest BCUT2D eigenvalue weighted by atomic mass is 9.92. The van der Waals surface area contributed by atoms with Crippen molar-refractivity contribution in [2.45, 2.75) is 64.5 Å². The molecule has 1 saturated carbocycles. The Labute approximate surface area is 99.1 Å². The van der Waals surface area contributed by atoms with Crippen LogP contribution in [0.15, 0.2) is 4.99 Å². The molecule has 2 aliphatic rings. The Morgan fingerprint density at radius 1 is 1.19 bits per heavy atom. The van der Waals surface area contributed by atoms with Gasteiger partial charge in [0, 0.05) is 12.6 Å². The van der Waals surface area contributed by atoms with Crippen LogP contribution in [0.4, 0.5) is 0 Å². The second kappa shape index (κ2) is 4.27. The Morgan fingerprint density at radius 2 is 1.88 bits per heavy atom. The average molecular weight is 223 g/mol. The Morgan fingerprint density at radius 3 is 2.56 bits per heavy atom. The van der Waals surface area contributed by atoms with Crippen molar-refractivity contribution in [3.8, 4) is 0 Å². The van der Waals surface area contributed by atoms with Crippen molar-refractivity contribution in [2.24, 2.45) is 16.6 Å². The van der Waals surface area contributed by atoms with Crippen LogP contribution >= 0.6 is 0 Å². The third-order valence-corrected chi connectivity index (χ3v) is 3.74. The number of fused-ring (bicyclic) bond motifs is 1. The molecule has 1 heterocycles. The van der Waals surface area contributed by atoms with Gasteiger partial charge in [0.2, 0.25) is 0 Å². The number of piperidine rings is 1. The van der Waals surface area contributed by atoms with Crippen molar-refractivity contribution in [1.29, 1.82) is 0 Å². The second-order valence-electron chi connectivity index (χ2n) is 6.23. The lowest BCUT2D eigenvalue weighted by molar-refractivity contribution is 0.188. The fourth-order valence-electron chi connectivity index (χ4n) is 3.15. The second-order valence-corrected chi connectivity index (χ2v) is 6.23. The van der Waals surface area contributed by atoms with Gasteiger partial charge in [-0.3, -0.25) is 0 Å². The SMILES string of the molecule is CC(C)(C)N=C(N)N1CCCC2CCCC21. The number of likely N-dealkylation sites (tertiary alicyclic amines) is 1. The molecule has 0 aromatic carbocycles. The fraction of sp³-hybridized carbons (Fsp3) is 0.923. The van der Waals surface area contributed by atoms with Gasteiger partial charge in [0.05, 0.1) is 5.54 Å². The Bertz CT molecular complexity index is 277.